The summed E-state index contributed by atoms with van der Waals surface area (Å²) in [5.74, 6) is -1.96. The minimum atomic E-state index is -4.34. The maximum atomic E-state index is 12.0. The number of hydrogen-bond donors (Lipinski definition) is 3. The van der Waals surface area contributed by atoms with E-state index in [9.17, 15) is 22.8 Å². The monoisotopic (exact) mass is 340 g/mol. The molecule has 23 heavy (non-hydrogen) atoms. The SMILES string of the molecule is COC(=O)c1nn(CCOCCC(F)(F)F)c(C(N)=O)c1NO. The molecule has 0 saturated heterocycles. The van der Waals surface area contributed by atoms with Gasteiger partial charge in [0.05, 0.1) is 33.3 Å². The van der Waals surface area contributed by atoms with E-state index in [-0.39, 0.29) is 24.5 Å². The van der Waals surface area contributed by atoms with Crippen molar-refractivity contribution in [2.24, 2.45) is 5.73 Å². The number of nitrogens with two attached hydrogens (primary N) is 1. The highest BCUT2D eigenvalue weighted by Crippen LogP contribution is 2.21. The number of aromatic nitrogens is 2. The molecule has 0 atom stereocenters. The van der Waals surface area contributed by atoms with Crippen molar-refractivity contribution in [1.82, 2.24) is 9.78 Å². The lowest BCUT2D eigenvalue weighted by molar-refractivity contribution is -0.145. The summed E-state index contributed by atoms with van der Waals surface area (Å²) >= 11 is 0. The molecule has 0 fully saturated rings. The maximum Gasteiger partial charge on any atom is 0.391 e. The van der Waals surface area contributed by atoms with Gasteiger partial charge in [-0.2, -0.15) is 18.3 Å². The van der Waals surface area contributed by atoms with Crippen LogP contribution in [0.25, 0.3) is 0 Å². The third kappa shape index (κ3) is 5.10. The van der Waals surface area contributed by atoms with Crippen LogP contribution in [0.1, 0.15) is 27.4 Å². The molecule has 130 valence electrons. The molecule has 0 spiro atoms. The number of nitrogens with zero attached hydrogens (tertiary/aromatic N) is 2. The Labute approximate surface area is 128 Å². The normalized spacial score (nSPS) is 11.3. The Balaban J connectivity index is 2.83. The molecule has 0 aliphatic carbocycles. The van der Waals surface area contributed by atoms with Gasteiger partial charge in [-0.1, -0.05) is 0 Å². The molecule has 1 amide bonds. The van der Waals surface area contributed by atoms with Gasteiger partial charge in [0.25, 0.3) is 5.91 Å². The van der Waals surface area contributed by atoms with E-state index in [1.807, 2.05) is 0 Å². The first-order valence-electron chi connectivity index (χ1n) is 6.24. The van der Waals surface area contributed by atoms with Gasteiger partial charge in [0.2, 0.25) is 0 Å². The summed E-state index contributed by atoms with van der Waals surface area (Å²) in [5, 5.41) is 12.8. The van der Waals surface area contributed by atoms with Gasteiger partial charge in [0.15, 0.2) is 11.4 Å². The van der Waals surface area contributed by atoms with Crippen LogP contribution in [0.2, 0.25) is 0 Å². The molecule has 0 aliphatic heterocycles. The van der Waals surface area contributed by atoms with Gasteiger partial charge in [0, 0.05) is 0 Å². The smallest absolute Gasteiger partial charge is 0.391 e. The molecule has 4 N–H and O–H groups in total. The third-order valence-corrected chi connectivity index (χ3v) is 2.65. The number of anilines is 1. The highest BCUT2D eigenvalue weighted by Gasteiger charge is 2.28. The Morgan fingerprint density at radius 1 is 1.39 bits per heavy atom. The molecule has 0 bridgehead atoms. The van der Waals surface area contributed by atoms with Crippen LogP contribution in [0.15, 0.2) is 0 Å². The van der Waals surface area contributed by atoms with Gasteiger partial charge in [-0.05, 0) is 0 Å². The van der Waals surface area contributed by atoms with Crippen molar-refractivity contribution < 1.29 is 37.4 Å². The number of primary amides is 1. The Morgan fingerprint density at radius 3 is 2.52 bits per heavy atom. The lowest BCUT2D eigenvalue weighted by Crippen LogP contribution is -2.21. The molecule has 0 aliphatic rings. The number of esters is 1. The first-order valence-corrected chi connectivity index (χ1v) is 6.24. The Hall–Kier alpha value is -2.34. The van der Waals surface area contributed by atoms with Crippen molar-refractivity contribution in [3.63, 3.8) is 0 Å². The Morgan fingerprint density at radius 2 is 2.04 bits per heavy atom. The summed E-state index contributed by atoms with van der Waals surface area (Å²) in [4.78, 5) is 22.9. The lowest BCUT2D eigenvalue weighted by atomic mass is 10.3. The zero-order valence-electron chi connectivity index (χ0n) is 12.0. The van der Waals surface area contributed by atoms with Gasteiger partial charge in [-0.3, -0.25) is 20.2 Å². The molecule has 12 heteroatoms. The summed E-state index contributed by atoms with van der Waals surface area (Å²) in [5.41, 5.74) is 5.66. The highest BCUT2D eigenvalue weighted by atomic mass is 19.4. The summed E-state index contributed by atoms with van der Waals surface area (Å²) in [6, 6.07) is 0. The average molecular weight is 340 g/mol. The molecule has 0 unspecified atom stereocenters. The average Bonchev–Trinajstić information content (AvgIpc) is 2.83. The molecule has 1 heterocycles. The summed E-state index contributed by atoms with van der Waals surface area (Å²) < 4.78 is 46.0. The van der Waals surface area contributed by atoms with E-state index >= 15 is 0 Å². The lowest BCUT2D eigenvalue weighted by Gasteiger charge is -2.08. The van der Waals surface area contributed by atoms with Gasteiger partial charge in [-0.15, -0.1) is 0 Å². The van der Waals surface area contributed by atoms with E-state index in [2.05, 4.69) is 9.84 Å². The van der Waals surface area contributed by atoms with E-state index in [0.29, 0.717) is 0 Å². The molecule has 0 radical (unpaired) electrons. The van der Waals surface area contributed by atoms with Crippen LogP contribution in [0.5, 0.6) is 0 Å². The molecule has 1 rings (SSSR count). The number of amides is 1. The topological polar surface area (TPSA) is 129 Å². The van der Waals surface area contributed by atoms with Crippen molar-refractivity contribution in [3.05, 3.63) is 11.4 Å². The standard InChI is InChI=1S/C11H15F3N4O5/c1-22-10(20)7-6(17-21)8(9(15)19)18(16-7)3-5-23-4-2-11(12,13)14/h17,21H,2-5H2,1H3,(H2,15,19). The zero-order valence-corrected chi connectivity index (χ0v) is 12.0. The van der Waals surface area contributed by atoms with E-state index in [1.165, 1.54) is 0 Å². The fraction of sp³-hybridized carbons (Fsp3) is 0.545. The molecule has 1 aromatic heterocycles. The number of ether oxygens (including phenoxy) is 2. The Bertz CT molecular complexity index is 573. The van der Waals surface area contributed by atoms with E-state index in [0.717, 1.165) is 11.8 Å². The van der Waals surface area contributed by atoms with Crippen LogP contribution in [0, 0.1) is 0 Å². The predicted molar refractivity (Wildman–Crippen MR) is 69.0 cm³/mol. The summed E-state index contributed by atoms with van der Waals surface area (Å²) in [6.07, 6.45) is -5.46. The maximum absolute atomic E-state index is 12.0. The Kier molecular flexibility index (Phi) is 6.33. The number of halogens is 3. The quantitative estimate of drug-likeness (QED) is 0.358. The van der Waals surface area contributed by atoms with Crippen LogP contribution in [-0.4, -0.2) is 53.4 Å². The molecular weight excluding hydrogens is 325 g/mol. The second kappa shape index (κ2) is 7.78. The third-order valence-electron chi connectivity index (χ3n) is 2.65. The largest absolute Gasteiger partial charge is 0.464 e. The number of methoxy groups -OCH3 is 1. The molecular formula is C11H15F3N4O5. The number of nitrogens with one attached hydrogen (secondary N) is 1. The highest BCUT2D eigenvalue weighted by molar-refractivity contribution is 6.03. The predicted octanol–water partition coefficient (Wildman–Crippen LogP) is 0.539. The fourth-order valence-corrected chi connectivity index (χ4v) is 1.66. The van der Waals surface area contributed by atoms with Crippen molar-refractivity contribution in [3.8, 4) is 0 Å². The van der Waals surface area contributed by atoms with Crippen LogP contribution < -0.4 is 11.2 Å². The minimum Gasteiger partial charge on any atom is -0.464 e. The first kappa shape index (κ1) is 18.7. The van der Waals surface area contributed by atoms with E-state index in [1.54, 1.807) is 5.48 Å². The number of rotatable bonds is 8. The van der Waals surface area contributed by atoms with E-state index in [4.69, 9.17) is 15.7 Å². The second-order valence-corrected chi connectivity index (χ2v) is 4.24. The van der Waals surface area contributed by atoms with Crippen LogP contribution in [0.4, 0.5) is 18.9 Å². The van der Waals surface area contributed by atoms with Crippen LogP contribution >= 0.6 is 0 Å². The molecule has 0 aromatic carbocycles. The van der Waals surface area contributed by atoms with Gasteiger partial charge < -0.3 is 15.2 Å². The zero-order chi connectivity index (χ0) is 17.6. The summed E-state index contributed by atoms with van der Waals surface area (Å²) in [6.45, 7) is -0.947. The van der Waals surface area contributed by atoms with Crippen LogP contribution in [-0.2, 0) is 16.0 Å². The molecule has 1 aromatic rings. The van der Waals surface area contributed by atoms with Crippen molar-refractivity contribution >= 4 is 17.6 Å². The van der Waals surface area contributed by atoms with Crippen molar-refractivity contribution in [2.45, 2.75) is 19.1 Å². The number of carbonyl (C=O) groups is 2. The summed E-state index contributed by atoms with van der Waals surface area (Å²) in [7, 11) is 1.06. The molecule has 0 saturated carbocycles. The number of alkyl halides is 3. The van der Waals surface area contributed by atoms with Gasteiger partial charge in [-0.25, -0.2) is 4.79 Å². The van der Waals surface area contributed by atoms with Gasteiger partial charge in [0.1, 0.15) is 5.69 Å². The number of carbonyl (C=O) groups excluding carboxylic acids is 2. The van der Waals surface area contributed by atoms with Crippen molar-refractivity contribution in [2.75, 3.05) is 25.8 Å². The van der Waals surface area contributed by atoms with Crippen LogP contribution in [0.3, 0.4) is 0 Å². The first-order chi connectivity index (χ1) is 10.7. The second-order valence-electron chi connectivity index (χ2n) is 4.24. The fourth-order valence-electron chi connectivity index (χ4n) is 1.66. The van der Waals surface area contributed by atoms with Gasteiger partial charge >= 0.3 is 12.1 Å². The minimum absolute atomic E-state index is 0.165. The van der Waals surface area contributed by atoms with Crippen molar-refractivity contribution in [1.29, 1.82) is 0 Å². The molecule has 9 nitrogen and oxygen atoms in total. The van der Waals surface area contributed by atoms with E-state index < -0.39 is 36.8 Å². The number of hydrogen-bond acceptors (Lipinski definition) is 7.